The summed E-state index contributed by atoms with van der Waals surface area (Å²) in [7, 11) is 0. The van der Waals surface area contributed by atoms with Gasteiger partial charge in [0.2, 0.25) is 0 Å². The van der Waals surface area contributed by atoms with Crippen molar-refractivity contribution in [2.24, 2.45) is 11.8 Å². The van der Waals surface area contributed by atoms with E-state index in [0.717, 1.165) is 0 Å². The topological polar surface area (TPSA) is 46.5 Å². The maximum absolute atomic E-state index is 13.2. The van der Waals surface area contributed by atoms with Crippen LogP contribution in [0.2, 0.25) is 0 Å². The van der Waals surface area contributed by atoms with E-state index in [1.165, 1.54) is 12.1 Å². The summed E-state index contributed by atoms with van der Waals surface area (Å²) < 4.78 is 18.4. The lowest BCUT2D eigenvalue weighted by Crippen LogP contribution is -2.23. The average molecular weight is 240 g/mol. The lowest BCUT2D eigenvalue weighted by Gasteiger charge is -2.15. The molecule has 0 saturated carbocycles. The summed E-state index contributed by atoms with van der Waals surface area (Å²) in [4.78, 5) is 11.0. The summed E-state index contributed by atoms with van der Waals surface area (Å²) in [5.41, 5.74) is 0. The molecule has 0 bridgehead atoms. The van der Waals surface area contributed by atoms with Gasteiger partial charge in [-0.3, -0.25) is 4.79 Å². The Morgan fingerprint density at radius 3 is 2.59 bits per heavy atom. The molecule has 17 heavy (non-hydrogen) atoms. The van der Waals surface area contributed by atoms with Crippen molar-refractivity contribution in [1.29, 1.82) is 0 Å². The number of aliphatic carboxylic acids is 1. The van der Waals surface area contributed by atoms with Crippen LogP contribution >= 0.6 is 0 Å². The van der Waals surface area contributed by atoms with Gasteiger partial charge in [0.1, 0.15) is 6.61 Å². The average Bonchev–Trinajstić information content (AvgIpc) is 2.25. The van der Waals surface area contributed by atoms with Gasteiger partial charge < -0.3 is 9.84 Å². The zero-order valence-corrected chi connectivity index (χ0v) is 10.0. The van der Waals surface area contributed by atoms with Crippen LogP contribution in [0.5, 0.6) is 5.75 Å². The first kappa shape index (κ1) is 13.5. The van der Waals surface area contributed by atoms with Crippen molar-refractivity contribution in [2.45, 2.75) is 20.3 Å². The van der Waals surface area contributed by atoms with E-state index >= 15 is 0 Å². The van der Waals surface area contributed by atoms with Crippen molar-refractivity contribution < 1.29 is 19.0 Å². The Labute approximate surface area is 100 Å². The molecule has 4 heteroatoms. The maximum atomic E-state index is 13.2. The molecule has 0 fully saturated rings. The molecule has 1 atom stereocenters. The first-order valence-corrected chi connectivity index (χ1v) is 5.60. The summed E-state index contributed by atoms with van der Waals surface area (Å²) in [6.45, 7) is 3.88. The zero-order chi connectivity index (χ0) is 12.8. The van der Waals surface area contributed by atoms with Crippen molar-refractivity contribution in [3.05, 3.63) is 30.1 Å². The second-order valence-electron chi connectivity index (χ2n) is 4.41. The van der Waals surface area contributed by atoms with E-state index in [-0.39, 0.29) is 18.3 Å². The molecule has 1 unspecified atom stereocenters. The Balaban J connectivity index is 2.58. The van der Waals surface area contributed by atoms with Crippen LogP contribution in [0.1, 0.15) is 20.3 Å². The monoisotopic (exact) mass is 240 g/mol. The molecule has 1 rings (SSSR count). The Morgan fingerprint density at radius 2 is 2.06 bits per heavy atom. The number of carboxylic acid groups (broad SMARTS) is 1. The van der Waals surface area contributed by atoms with Gasteiger partial charge in [0.05, 0.1) is 5.92 Å². The van der Waals surface area contributed by atoms with E-state index in [4.69, 9.17) is 9.84 Å². The standard InChI is InChI=1S/C13H17FO3/c1-9(2)7-10(13(15)16)8-17-12-6-4-3-5-11(12)14/h3-6,9-10H,7-8H2,1-2H3,(H,15,16). The minimum Gasteiger partial charge on any atom is -0.490 e. The molecule has 0 radical (unpaired) electrons. The number of hydrogen-bond acceptors (Lipinski definition) is 2. The summed E-state index contributed by atoms with van der Waals surface area (Å²) >= 11 is 0. The molecule has 0 aliphatic heterocycles. The van der Waals surface area contributed by atoms with Gasteiger partial charge in [-0.25, -0.2) is 4.39 Å². The molecule has 0 aliphatic rings. The lowest BCUT2D eigenvalue weighted by atomic mass is 9.98. The van der Waals surface area contributed by atoms with Crippen LogP contribution in [-0.4, -0.2) is 17.7 Å². The van der Waals surface area contributed by atoms with Crippen molar-refractivity contribution in [2.75, 3.05) is 6.61 Å². The molecular formula is C13H17FO3. The third-order valence-corrected chi connectivity index (χ3v) is 2.38. The second kappa shape index (κ2) is 6.23. The predicted octanol–water partition coefficient (Wildman–Crippen LogP) is 2.95. The summed E-state index contributed by atoms with van der Waals surface area (Å²) in [5, 5.41) is 9.00. The van der Waals surface area contributed by atoms with Gasteiger partial charge in [0.25, 0.3) is 0 Å². The van der Waals surface area contributed by atoms with Crippen LogP contribution in [0.15, 0.2) is 24.3 Å². The molecule has 3 nitrogen and oxygen atoms in total. The van der Waals surface area contributed by atoms with Crippen molar-refractivity contribution in [3.8, 4) is 5.75 Å². The predicted molar refractivity (Wildman–Crippen MR) is 62.5 cm³/mol. The first-order chi connectivity index (χ1) is 8.00. The normalized spacial score (nSPS) is 12.5. The number of carboxylic acids is 1. The van der Waals surface area contributed by atoms with E-state index in [1.807, 2.05) is 13.8 Å². The fraction of sp³-hybridized carbons (Fsp3) is 0.462. The minimum atomic E-state index is -0.907. The largest absolute Gasteiger partial charge is 0.490 e. The molecule has 1 N–H and O–H groups in total. The molecule has 1 aromatic carbocycles. The van der Waals surface area contributed by atoms with Crippen molar-refractivity contribution in [3.63, 3.8) is 0 Å². The second-order valence-corrected chi connectivity index (χ2v) is 4.41. The quantitative estimate of drug-likeness (QED) is 0.831. The van der Waals surface area contributed by atoms with Gasteiger partial charge >= 0.3 is 5.97 Å². The van der Waals surface area contributed by atoms with Crippen molar-refractivity contribution in [1.82, 2.24) is 0 Å². The van der Waals surface area contributed by atoms with Crippen LogP contribution < -0.4 is 4.74 Å². The highest BCUT2D eigenvalue weighted by Gasteiger charge is 2.20. The van der Waals surface area contributed by atoms with Crippen LogP contribution in [0.4, 0.5) is 4.39 Å². The minimum absolute atomic E-state index is 0.00551. The Hall–Kier alpha value is -1.58. The molecular weight excluding hydrogens is 223 g/mol. The van der Waals surface area contributed by atoms with E-state index in [1.54, 1.807) is 12.1 Å². The van der Waals surface area contributed by atoms with Gasteiger partial charge in [-0.1, -0.05) is 26.0 Å². The molecule has 1 aromatic rings. The summed E-state index contributed by atoms with van der Waals surface area (Å²) in [6.07, 6.45) is 0.518. The van der Waals surface area contributed by atoms with Crippen LogP contribution in [0, 0.1) is 17.7 Å². The number of ether oxygens (including phenoxy) is 1. The number of benzene rings is 1. The number of rotatable bonds is 6. The van der Waals surface area contributed by atoms with E-state index in [0.29, 0.717) is 6.42 Å². The molecule has 0 aromatic heterocycles. The maximum Gasteiger partial charge on any atom is 0.309 e. The molecule has 0 spiro atoms. The number of para-hydroxylation sites is 1. The lowest BCUT2D eigenvalue weighted by molar-refractivity contribution is -0.143. The number of halogens is 1. The Bertz CT molecular complexity index is 377. The third-order valence-electron chi connectivity index (χ3n) is 2.38. The molecule has 0 heterocycles. The fourth-order valence-electron chi connectivity index (χ4n) is 1.56. The molecule has 0 saturated heterocycles. The van der Waals surface area contributed by atoms with Crippen LogP contribution in [-0.2, 0) is 4.79 Å². The molecule has 0 aliphatic carbocycles. The van der Waals surface area contributed by atoms with E-state index in [2.05, 4.69) is 0 Å². The van der Waals surface area contributed by atoms with E-state index in [9.17, 15) is 9.18 Å². The van der Waals surface area contributed by atoms with E-state index < -0.39 is 17.7 Å². The third kappa shape index (κ3) is 4.43. The first-order valence-electron chi connectivity index (χ1n) is 5.60. The van der Waals surface area contributed by atoms with Gasteiger partial charge in [-0.15, -0.1) is 0 Å². The van der Waals surface area contributed by atoms with Gasteiger partial charge in [-0.2, -0.15) is 0 Å². The SMILES string of the molecule is CC(C)CC(COc1ccccc1F)C(=O)O. The highest BCUT2D eigenvalue weighted by molar-refractivity contribution is 5.70. The summed E-state index contributed by atoms with van der Waals surface area (Å²) in [6, 6.07) is 5.98. The van der Waals surface area contributed by atoms with Crippen LogP contribution in [0.25, 0.3) is 0 Å². The molecule has 0 amide bonds. The smallest absolute Gasteiger partial charge is 0.309 e. The fourth-order valence-corrected chi connectivity index (χ4v) is 1.56. The number of carbonyl (C=O) groups is 1. The van der Waals surface area contributed by atoms with Gasteiger partial charge in [0.15, 0.2) is 11.6 Å². The highest BCUT2D eigenvalue weighted by Crippen LogP contribution is 2.18. The Morgan fingerprint density at radius 1 is 1.41 bits per heavy atom. The van der Waals surface area contributed by atoms with Crippen LogP contribution in [0.3, 0.4) is 0 Å². The van der Waals surface area contributed by atoms with Gasteiger partial charge in [0, 0.05) is 0 Å². The molecule has 94 valence electrons. The Kier molecular flexibility index (Phi) is 4.94. The van der Waals surface area contributed by atoms with Crippen molar-refractivity contribution >= 4 is 5.97 Å². The highest BCUT2D eigenvalue weighted by atomic mass is 19.1. The zero-order valence-electron chi connectivity index (χ0n) is 10.0. The van der Waals surface area contributed by atoms with Gasteiger partial charge in [-0.05, 0) is 24.5 Å². The number of hydrogen-bond donors (Lipinski definition) is 1. The summed E-state index contributed by atoms with van der Waals surface area (Å²) in [5.74, 6) is -1.62.